The summed E-state index contributed by atoms with van der Waals surface area (Å²) in [6.07, 6.45) is 3.78. The standard InChI is InChI=1S/C23H23N3O2/c1-4-20-22(28-19-13-9-12-18(14-19)25-21(27)5-2)16(3)15-24-23(20)26-17-10-7-6-8-11-17/h5-15H,2,4H2,1,3H3,(H,24,26)(H,25,27). The fourth-order valence-electron chi connectivity index (χ4n) is 2.83. The van der Waals surface area contributed by atoms with Crippen LogP contribution in [-0.2, 0) is 11.2 Å². The first-order valence-electron chi connectivity index (χ1n) is 9.12. The number of para-hydroxylation sites is 1. The van der Waals surface area contributed by atoms with Gasteiger partial charge in [0, 0.05) is 34.8 Å². The molecule has 0 atom stereocenters. The van der Waals surface area contributed by atoms with Gasteiger partial charge in [0.15, 0.2) is 0 Å². The summed E-state index contributed by atoms with van der Waals surface area (Å²) in [6, 6.07) is 17.2. The second-order valence-corrected chi connectivity index (χ2v) is 6.27. The molecule has 0 saturated heterocycles. The Balaban J connectivity index is 1.91. The number of carbonyl (C=O) groups is 1. The zero-order valence-corrected chi connectivity index (χ0v) is 16.0. The molecule has 3 rings (SSSR count). The van der Waals surface area contributed by atoms with Crippen LogP contribution >= 0.6 is 0 Å². The van der Waals surface area contributed by atoms with Crippen LogP contribution in [0.25, 0.3) is 0 Å². The van der Waals surface area contributed by atoms with Crippen molar-refractivity contribution in [2.45, 2.75) is 20.3 Å². The maximum Gasteiger partial charge on any atom is 0.247 e. The highest BCUT2D eigenvalue weighted by atomic mass is 16.5. The SMILES string of the molecule is C=CC(=O)Nc1cccc(Oc2c(C)cnc(Nc3ccccc3)c2CC)c1. The monoisotopic (exact) mass is 373 g/mol. The number of aromatic nitrogens is 1. The summed E-state index contributed by atoms with van der Waals surface area (Å²) in [5, 5.41) is 6.11. The number of anilines is 3. The van der Waals surface area contributed by atoms with E-state index in [4.69, 9.17) is 4.74 Å². The predicted octanol–water partition coefficient (Wildman–Crippen LogP) is 5.61. The Hall–Kier alpha value is -3.60. The van der Waals surface area contributed by atoms with Gasteiger partial charge in [-0.25, -0.2) is 4.98 Å². The Bertz CT molecular complexity index is 984. The van der Waals surface area contributed by atoms with Crippen molar-refractivity contribution >= 4 is 23.1 Å². The van der Waals surface area contributed by atoms with Crippen molar-refractivity contribution in [1.29, 1.82) is 0 Å². The van der Waals surface area contributed by atoms with Crippen LogP contribution in [0.2, 0.25) is 0 Å². The summed E-state index contributed by atoms with van der Waals surface area (Å²) in [7, 11) is 0. The van der Waals surface area contributed by atoms with Crippen LogP contribution in [0.15, 0.2) is 73.4 Å². The largest absolute Gasteiger partial charge is 0.457 e. The Kier molecular flexibility index (Phi) is 6.07. The van der Waals surface area contributed by atoms with E-state index in [-0.39, 0.29) is 5.91 Å². The van der Waals surface area contributed by atoms with Gasteiger partial charge in [-0.3, -0.25) is 4.79 Å². The lowest BCUT2D eigenvalue weighted by atomic mass is 10.1. The summed E-state index contributed by atoms with van der Waals surface area (Å²) in [6.45, 7) is 7.51. The van der Waals surface area contributed by atoms with Gasteiger partial charge in [0.2, 0.25) is 5.91 Å². The molecule has 0 aliphatic heterocycles. The van der Waals surface area contributed by atoms with Gasteiger partial charge in [-0.1, -0.05) is 37.8 Å². The zero-order valence-electron chi connectivity index (χ0n) is 16.0. The van der Waals surface area contributed by atoms with Crippen LogP contribution in [0.4, 0.5) is 17.2 Å². The van der Waals surface area contributed by atoms with Crippen molar-refractivity contribution in [2.24, 2.45) is 0 Å². The summed E-state index contributed by atoms with van der Waals surface area (Å²) < 4.78 is 6.21. The van der Waals surface area contributed by atoms with E-state index in [1.165, 1.54) is 6.08 Å². The molecule has 1 amide bonds. The number of nitrogens with one attached hydrogen (secondary N) is 2. The molecule has 0 radical (unpaired) electrons. The number of benzene rings is 2. The quantitative estimate of drug-likeness (QED) is 0.528. The molecule has 28 heavy (non-hydrogen) atoms. The minimum absolute atomic E-state index is 0.263. The van der Waals surface area contributed by atoms with Crippen molar-refractivity contribution in [1.82, 2.24) is 4.98 Å². The number of aryl methyl sites for hydroxylation is 1. The molecule has 0 aliphatic carbocycles. The average Bonchev–Trinajstić information content (AvgIpc) is 2.71. The molecule has 1 aromatic heterocycles. The van der Waals surface area contributed by atoms with Gasteiger partial charge in [-0.05, 0) is 43.7 Å². The van der Waals surface area contributed by atoms with E-state index in [9.17, 15) is 4.79 Å². The average molecular weight is 373 g/mol. The molecule has 0 bridgehead atoms. The fraction of sp³-hybridized carbons (Fsp3) is 0.130. The summed E-state index contributed by atoms with van der Waals surface area (Å²) in [5.74, 6) is 1.91. The van der Waals surface area contributed by atoms with Crippen molar-refractivity contribution in [3.8, 4) is 11.5 Å². The minimum atomic E-state index is -0.263. The van der Waals surface area contributed by atoms with Gasteiger partial charge < -0.3 is 15.4 Å². The molecule has 0 aliphatic rings. The molecule has 142 valence electrons. The van der Waals surface area contributed by atoms with E-state index >= 15 is 0 Å². The van der Waals surface area contributed by atoms with Gasteiger partial charge >= 0.3 is 0 Å². The lowest BCUT2D eigenvalue weighted by Crippen LogP contribution is -2.07. The summed E-state index contributed by atoms with van der Waals surface area (Å²) in [5.41, 5.74) is 3.55. The molecule has 0 spiro atoms. The molecule has 0 saturated carbocycles. The number of nitrogens with zero attached hydrogens (tertiary/aromatic N) is 1. The van der Waals surface area contributed by atoms with Gasteiger partial charge in [0.25, 0.3) is 0 Å². The molecule has 0 fully saturated rings. The molecule has 1 heterocycles. The summed E-state index contributed by atoms with van der Waals surface area (Å²) >= 11 is 0. The number of carbonyl (C=O) groups excluding carboxylic acids is 1. The van der Waals surface area contributed by atoms with E-state index in [1.807, 2.05) is 49.4 Å². The van der Waals surface area contributed by atoms with Gasteiger partial charge in [0.1, 0.15) is 17.3 Å². The third-order valence-electron chi connectivity index (χ3n) is 4.20. The Morgan fingerprint density at radius 1 is 1.14 bits per heavy atom. The topological polar surface area (TPSA) is 63.2 Å². The van der Waals surface area contributed by atoms with Crippen LogP contribution < -0.4 is 15.4 Å². The highest BCUT2D eigenvalue weighted by Gasteiger charge is 2.14. The highest BCUT2D eigenvalue weighted by Crippen LogP contribution is 2.34. The van der Waals surface area contributed by atoms with Crippen LogP contribution in [-0.4, -0.2) is 10.9 Å². The van der Waals surface area contributed by atoms with Crippen molar-refractivity contribution in [3.63, 3.8) is 0 Å². The molecule has 5 heteroatoms. The lowest BCUT2D eigenvalue weighted by Gasteiger charge is -2.17. The first kappa shape index (κ1) is 19.2. The molecule has 0 unspecified atom stereocenters. The molecule has 2 N–H and O–H groups in total. The van der Waals surface area contributed by atoms with E-state index in [0.717, 1.165) is 34.8 Å². The lowest BCUT2D eigenvalue weighted by molar-refractivity contribution is -0.111. The van der Waals surface area contributed by atoms with Gasteiger partial charge in [-0.15, -0.1) is 0 Å². The Labute approximate surface area is 165 Å². The number of ether oxygens (including phenoxy) is 1. The van der Waals surface area contributed by atoms with E-state index in [0.29, 0.717) is 11.4 Å². The second-order valence-electron chi connectivity index (χ2n) is 6.27. The third kappa shape index (κ3) is 4.57. The second kappa shape index (κ2) is 8.86. The molecular formula is C23H23N3O2. The fourth-order valence-corrected chi connectivity index (χ4v) is 2.83. The number of amides is 1. The first-order valence-corrected chi connectivity index (χ1v) is 9.12. The predicted molar refractivity (Wildman–Crippen MR) is 113 cm³/mol. The molecular weight excluding hydrogens is 350 g/mol. The number of hydrogen-bond donors (Lipinski definition) is 2. The zero-order chi connectivity index (χ0) is 19.9. The maximum atomic E-state index is 11.5. The Morgan fingerprint density at radius 3 is 2.61 bits per heavy atom. The number of hydrogen-bond acceptors (Lipinski definition) is 4. The normalized spacial score (nSPS) is 10.2. The van der Waals surface area contributed by atoms with Crippen LogP contribution in [0.5, 0.6) is 11.5 Å². The highest BCUT2D eigenvalue weighted by molar-refractivity contribution is 5.98. The number of pyridine rings is 1. The summed E-state index contributed by atoms with van der Waals surface area (Å²) in [4.78, 5) is 16.1. The van der Waals surface area contributed by atoms with Gasteiger partial charge in [0.05, 0.1) is 0 Å². The van der Waals surface area contributed by atoms with E-state index in [2.05, 4.69) is 29.1 Å². The Morgan fingerprint density at radius 2 is 1.89 bits per heavy atom. The smallest absolute Gasteiger partial charge is 0.247 e. The first-order chi connectivity index (χ1) is 13.6. The van der Waals surface area contributed by atoms with Crippen LogP contribution in [0.1, 0.15) is 18.1 Å². The van der Waals surface area contributed by atoms with E-state index in [1.54, 1.807) is 18.3 Å². The van der Waals surface area contributed by atoms with Crippen LogP contribution in [0.3, 0.4) is 0 Å². The molecule has 5 nitrogen and oxygen atoms in total. The third-order valence-corrected chi connectivity index (χ3v) is 4.20. The molecule has 3 aromatic rings. The molecule has 2 aromatic carbocycles. The van der Waals surface area contributed by atoms with Crippen molar-refractivity contribution in [2.75, 3.05) is 10.6 Å². The van der Waals surface area contributed by atoms with Gasteiger partial charge in [-0.2, -0.15) is 0 Å². The van der Waals surface area contributed by atoms with Crippen LogP contribution in [0, 0.1) is 6.92 Å². The number of rotatable bonds is 7. The van der Waals surface area contributed by atoms with Crippen molar-refractivity contribution < 1.29 is 9.53 Å². The van der Waals surface area contributed by atoms with E-state index < -0.39 is 0 Å². The maximum absolute atomic E-state index is 11.5. The van der Waals surface area contributed by atoms with Crippen molar-refractivity contribution in [3.05, 3.63) is 84.6 Å². The minimum Gasteiger partial charge on any atom is -0.457 e.